The van der Waals surface area contributed by atoms with E-state index < -0.39 is 17.9 Å². The lowest BCUT2D eigenvalue weighted by Crippen LogP contribution is -2.59. The zero-order valence-electron chi connectivity index (χ0n) is 29.1. The van der Waals surface area contributed by atoms with Crippen LogP contribution in [0.15, 0.2) is 73.1 Å². The van der Waals surface area contributed by atoms with Crippen LogP contribution in [0.3, 0.4) is 0 Å². The number of carboxylic acids is 1. The van der Waals surface area contributed by atoms with Gasteiger partial charge >= 0.3 is 5.97 Å². The molecule has 3 heterocycles. The van der Waals surface area contributed by atoms with Gasteiger partial charge < -0.3 is 20.1 Å². The topological polar surface area (TPSA) is 122 Å². The molecule has 0 spiro atoms. The molecule has 9 nitrogen and oxygen atoms in total. The second kappa shape index (κ2) is 15.5. The Morgan fingerprint density at radius 3 is 2.18 bits per heavy atom. The zero-order valence-corrected chi connectivity index (χ0v) is 29.9. The second-order valence-corrected chi connectivity index (χ2v) is 15.7. The van der Waals surface area contributed by atoms with Crippen molar-refractivity contribution in [2.75, 3.05) is 19.7 Å². The lowest BCUT2D eigenvalue weighted by molar-refractivity contribution is -0.153. The van der Waals surface area contributed by atoms with E-state index in [1.54, 1.807) is 6.07 Å². The van der Waals surface area contributed by atoms with Crippen molar-refractivity contribution in [3.8, 4) is 28.3 Å². The third-order valence-electron chi connectivity index (χ3n) is 9.73. The van der Waals surface area contributed by atoms with E-state index in [0.29, 0.717) is 10.7 Å². The first-order chi connectivity index (χ1) is 24.0. The number of nitrogens with one attached hydrogen (secondary N) is 1. The molecule has 2 amide bonds. The van der Waals surface area contributed by atoms with Gasteiger partial charge in [0, 0.05) is 47.9 Å². The van der Waals surface area contributed by atoms with Gasteiger partial charge in [-0.2, -0.15) is 0 Å². The number of amides is 2. The number of rotatable bonds is 12. The maximum Gasteiger partial charge on any atom is 0.310 e. The minimum absolute atomic E-state index is 0.0954. The minimum atomic E-state index is -0.920. The number of likely N-dealkylation sites (tertiary alicyclic amines) is 1. The van der Waals surface area contributed by atoms with E-state index >= 15 is 0 Å². The van der Waals surface area contributed by atoms with E-state index in [-0.39, 0.29) is 36.7 Å². The number of aromatic nitrogens is 2. The summed E-state index contributed by atoms with van der Waals surface area (Å²) in [4.78, 5) is 50.5. The number of carboxylic acid groups (broad SMARTS) is 1. The average molecular weight is 695 g/mol. The highest BCUT2D eigenvalue weighted by Gasteiger charge is 2.39. The number of carbonyl (C=O) groups is 3. The summed E-state index contributed by atoms with van der Waals surface area (Å²) in [5, 5.41) is 12.2. The summed E-state index contributed by atoms with van der Waals surface area (Å²) in [6.07, 6.45) is 11.7. The van der Waals surface area contributed by atoms with Crippen LogP contribution in [0, 0.1) is 11.8 Å². The predicted octanol–water partition coefficient (Wildman–Crippen LogP) is 7.40. The maximum absolute atomic E-state index is 13.5. The molecular weight excluding hydrogens is 649 g/mol. The molecule has 1 saturated carbocycles. The van der Waals surface area contributed by atoms with Gasteiger partial charge in [-0.1, -0.05) is 89.3 Å². The largest absolute Gasteiger partial charge is 0.494 e. The third kappa shape index (κ3) is 8.77. The standard InChI is InChI=1S/C40H46N4O5S/c1-40(2,3)35-18-17-34(50-35)37(45)43-33(38(46)44-24-31(25-44)39(47)48)21-27-9-11-29(12-10-27)36-41-22-30(23-42-36)28-13-15-32(16-14-28)49-20-19-26-7-5-4-6-8-26/h9-18,22-23,26,31,33H,4-8,19-21,24-25H2,1-3H3,(H,43,45)(H,47,48)/t33-/m0/s1. The van der Waals surface area contributed by atoms with Gasteiger partial charge in [0.2, 0.25) is 5.91 Å². The molecule has 4 aromatic rings. The van der Waals surface area contributed by atoms with Crippen molar-refractivity contribution in [1.29, 1.82) is 0 Å². The Morgan fingerprint density at radius 2 is 1.56 bits per heavy atom. The molecule has 10 heteroatoms. The Bertz CT molecular complexity index is 1770. The van der Waals surface area contributed by atoms with Crippen molar-refractivity contribution in [3.63, 3.8) is 0 Å². The lowest BCUT2D eigenvalue weighted by Gasteiger charge is -2.38. The van der Waals surface area contributed by atoms with Gasteiger partial charge in [0.1, 0.15) is 11.8 Å². The van der Waals surface area contributed by atoms with Gasteiger partial charge in [-0.25, -0.2) is 9.97 Å². The van der Waals surface area contributed by atoms with Crippen molar-refractivity contribution < 1.29 is 24.2 Å². The number of hydrogen-bond acceptors (Lipinski definition) is 7. The highest BCUT2D eigenvalue weighted by atomic mass is 32.1. The number of aliphatic carboxylic acids is 1. The van der Waals surface area contributed by atoms with Crippen LogP contribution in [-0.2, 0) is 21.4 Å². The van der Waals surface area contributed by atoms with Crippen molar-refractivity contribution in [1.82, 2.24) is 20.2 Å². The molecule has 50 heavy (non-hydrogen) atoms. The van der Waals surface area contributed by atoms with E-state index in [0.717, 1.165) is 51.8 Å². The summed E-state index contributed by atoms with van der Waals surface area (Å²) < 4.78 is 6.01. The second-order valence-electron chi connectivity index (χ2n) is 14.6. The van der Waals surface area contributed by atoms with Gasteiger partial charge in [0.15, 0.2) is 5.82 Å². The van der Waals surface area contributed by atoms with E-state index in [2.05, 4.69) is 36.1 Å². The average Bonchev–Trinajstić information content (AvgIpc) is 3.60. The van der Waals surface area contributed by atoms with Gasteiger partial charge in [-0.3, -0.25) is 14.4 Å². The molecule has 1 saturated heterocycles. The van der Waals surface area contributed by atoms with Crippen molar-refractivity contribution in [3.05, 3.63) is 88.4 Å². The van der Waals surface area contributed by atoms with E-state index in [4.69, 9.17) is 4.74 Å². The number of benzene rings is 2. The normalized spacial score (nSPS) is 16.0. The third-order valence-corrected chi connectivity index (χ3v) is 11.2. The Balaban J connectivity index is 1.08. The molecular formula is C40H46N4O5S. The SMILES string of the molecule is CC(C)(C)c1ccc(C(=O)N[C@@H](Cc2ccc(-c3ncc(-c4ccc(OCCC5CCCCC5)cc4)cn3)cc2)C(=O)N2CC(C(=O)O)C2)s1. The molecule has 0 radical (unpaired) electrons. The predicted molar refractivity (Wildman–Crippen MR) is 195 cm³/mol. The van der Waals surface area contributed by atoms with Crippen molar-refractivity contribution in [2.45, 2.75) is 77.2 Å². The fourth-order valence-corrected chi connectivity index (χ4v) is 7.51. The van der Waals surface area contributed by atoms with Crippen LogP contribution >= 0.6 is 11.3 Å². The highest BCUT2D eigenvalue weighted by molar-refractivity contribution is 7.14. The Labute approximate surface area is 298 Å². The molecule has 2 aromatic heterocycles. The number of thiophene rings is 1. The smallest absolute Gasteiger partial charge is 0.310 e. The summed E-state index contributed by atoms with van der Waals surface area (Å²) in [6.45, 7) is 7.30. The summed E-state index contributed by atoms with van der Waals surface area (Å²) in [7, 11) is 0. The molecule has 1 atom stereocenters. The number of nitrogens with zero attached hydrogens (tertiary/aromatic N) is 3. The number of carbonyl (C=O) groups excluding carboxylic acids is 2. The minimum Gasteiger partial charge on any atom is -0.494 e. The van der Waals surface area contributed by atoms with Crippen LogP contribution in [0.2, 0.25) is 0 Å². The highest BCUT2D eigenvalue weighted by Crippen LogP contribution is 2.30. The lowest BCUT2D eigenvalue weighted by atomic mass is 9.87. The molecule has 0 bridgehead atoms. The summed E-state index contributed by atoms with van der Waals surface area (Å²) >= 11 is 1.41. The Hall–Kier alpha value is -4.57. The Kier molecular flexibility index (Phi) is 11.0. The van der Waals surface area contributed by atoms with Gasteiger partial charge in [-0.15, -0.1) is 11.3 Å². The first-order valence-electron chi connectivity index (χ1n) is 17.6. The Morgan fingerprint density at radius 1 is 0.900 bits per heavy atom. The molecule has 2 N–H and O–H groups in total. The van der Waals surface area contributed by atoms with Crippen LogP contribution in [0.4, 0.5) is 0 Å². The molecule has 262 valence electrons. The fourth-order valence-electron chi connectivity index (χ4n) is 6.54. The van der Waals surface area contributed by atoms with Crippen molar-refractivity contribution >= 4 is 29.1 Å². The van der Waals surface area contributed by atoms with Crippen LogP contribution in [0.25, 0.3) is 22.5 Å². The first-order valence-corrected chi connectivity index (χ1v) is 18.4. The van der Waals surface area contributed by atoms with Gasteiger partial charge in [-0.05, 0) is 53.1 Å². The molecule has 0 unspecified atom stereocenters. The zero-order chi connectivity index (χ0) is 35.3. The number of ether oxygens (including phenoxy) is 1. The van der Waals surface area contributed by atoms with Crippen molar-refractivity contribution in [2.24, 2.45) is 11.8 Å². The number of hydrogen-bond donors (Lipinski definition) is 2. The summed E-state index contributed by atoms with van der Waals surface area (Å²) in [5.41, 5.74) is 3.50. The van der Waals surface area contributed by atoms with E-state index in [1.807, 2.05) is 67.0 Å². The van der Waals surface area contributed by atoms with Gasteiger partial charge in [0.25, 0.3) is 5.91 Å². The molecule has 6 rings (SSSR count). The van der Waals surface area contributed by atoms with Crippen LogP contribution < -0.4 is 10.1 Å². The van der Waals surface area contributed by atoms with E-state index in [9.17, 15) is 19.5 Å². The maximum atomic E-state index is 13.5. The quantitative estimate of drug-likeness (QED) is 0.159. The first kappa shape index (κ1) is 35.3. The van der Waals surface area contributed by atoms with E-state index in [1.165, 1.54) is 48.3 Å². The monoisotopic (exact) mass is 694 g/mol. The molecule has 2 aromatic carbocycles. The van der Waals surface area contributed by atoms with Crippen LogP contribution in [0.1, 0.15) is 79.4 Å². The fraction of sp³-hybridized carbons (Fsp3) is 0.425. The molecule has 1 aliphatic heterocycles. The molecule has 2 aliphatic rings. The van der Waals surface area contributed by atoms with Crippen LogP contribution in [-0.4, -0.2) is 63.5 Å². The van der Waals surface area contributed by atoms with Crippen LogP contribution in [0.5, 0.6) is 5.75 Å². The van der Waals surface area contributed by atoms with Gasteiger partial charge in [0.05, 0.1) is 17.4 Å². The summed E-state index contributed by atoms with van der Waals surface area (Å²) in [5.74, 6) is 0.149. The molecule has 2 fully saturated rings. The molecule has 1 aliphatic carbocycles. The summed E-state index contributed by atoms with van der Waals surface area (Å²) in [6, 6.07) is 18.6.